The molecular formula is C30H40N4. The van der Waals surface area contributed by atoms with Crippen molar-refractivity contribution in [2.75, 3.05) is 26.2 Å². The first-order valence-electron chi connectivity index (χ1n) is 13.1. The third kappa shape index (κ3) is 5.86. The molecule has 0 saturated carbocycles. The Balaban J connectivity index is 1.45. The van der Waals surface area contributed by atoms with Gasteiger partial charge in [0.15, 0.2) is 0 Å². The summed E-state index contributed by atoms with van der Waals surface area (Å²) in [6.45, 7) is 13.0. The number of nitrogens with one attached hydrogen (secondary N) is 1. The van der Waals surface area contributed by atoms with Gasteiger partial charge in [0.05, 0.1) is 16.9 Å². The third-order valence-corrected chi connectivity index (χ3v) is 6.94. The maximum Gasteiger partial charge on any atom is 0.0707 e. The van der Waals surface area contributed by atoms with E-state index < -0.39 is 0 Å². The predicted octanol–water partition coefficient (Wildman–Crippen LogP) is 6.34. The average Bonchev–Trinajstić information content (AvgIpc) is 3.18. The van der Waals surface area contributed by atoms with Crippen molar-refractivity contribution in [3.63, 3.8) is 0 Å². The van der Waals surface area contributed by atoms with Crippen LogP contribution in [-0.4, -0.2) is 40.6 Å². The van der Waals surface area contributed by atoms with Gasteiger partial charge in [-0.15, -0.1) is 0 Å². The Hall–Kier alpha value is -2.69. The summed E-state index contributed by atoms with van der Waals surface area (Å²) in [5.41, 5.74) is 6.28. The van der Waals surface area contributed by atoms with Crippen molar-refractivity contribution in [3.05, 3.63) is 77.6 Å². The fraction of sp³-hybridized carbons (Fsp3) is 0.433. The van der Waals surface area contributed by atoms with Crippen LogP contribution in [0.5, 0.6) is 0 Å². The molecule has 0 spiro atoms. The van der Waals surface area contributed by atoms with Crippen molar-refractivity contribution in [1.29, 1.82) is 0 Å². The number of para-hydroxylation sites is 1. The molecule has 0 radical (unpaired) electrons. The van der Waals surface area contributed by atoms with Crippen LogP contribution in [0, 0.1) is 6.92 Å². The molecule has 2 aromatic carbocycles. The standard InChI is InChI=1S/C30H40N4/c1-4-33(5-2)20-12-11-19-31-23-26-22-28-27-17-9-10-18-29(27)34(30(28)24(3)32-26)21-13-16-25-14-7-6-8-15-25/h6-10,14-15,17-18,22,31H,4-5,11-13,16,19-21,23H2,1-3H3. The maximum absolute atomic E-state index is 5.00. The second-order valence-corrected chi connectivity index (χ2v) is 9.26. The Morgan fingerprint density at radius 3 is 2.44 bits per heavy atom. The summed E-state index contributed by atoms with van der Waals surface area (Å²) >= 11 is 0. The van der Waals surface area contributed by atoms with Gasteiger partial charge < -0.3 is 14.8 Å². The van der Waals surface area contributed by atoms with Gasteiger partial charge in [0, 0.05) is 29.4 Å². The highest BCUT2D eigenvalue weighted by Gasteiger charge is 2.14. The Bertz CT molecular complexity index is 1170. The summed E-state index contributed by atoms with van der Waals surface area (Å²) in [4.78, 5) is 7.50. The van der Waals surface area contributed by atoms with Crippen LogP contribution in [0.25, 0.3) is 21.8 Å². The van der Waals surface area contributed by atoms with Crippen molar-refractivity contribution in [2.24, 2.45) is 0 Å². The van der Waals surface area contributed by atoms with E-state index in [-0.39, 0.29) is 0 Å². The lowest BCUT2D eigenvalue weighted by molar-refractivity contribution is 0.296. The van der Waals surface area contributed by atoms with Gasteiger partial charge in [-0.3, -0.25) is 4.98 Å². The van der Waals surface area contributed by atoms with Crippen LogP contribution in [0.2, 0.25) is 0 Å². The predicted molar refractivity (Wildman–Crippen MR) is 145 cm³/mol. The number of rotatable bonds is 13. The minimum Gasteiger partial charge on any atom is -0.339 e. The first-order valence-corrected chi connectivity index (χ1v) is 13.1. The van der Waals surface area contributed by atoms with Crippen LogP contribution >= 0.6 is 0 Å². The maximum atomic E-state index is 5.00. The quantitative estimate of drug-likeness (QED) is 0.238. The summed E-state index contributed by atoms with van der Waals surface area (Å²) in [6, 6.07) is 21.9. The lowest BCUT2D eigenvalue weighted by Crippen LogP contribution is -2.25. The van der Waals surface area contributed by atoms with Gasteiger partial charge in [0.25, 0.3) is 0 Å². The minimum absolute atomic E-state index is 0.829. The molecular weight excluding hydrogens is 416 g/mol. The van der Waals surface area contributed by atoms with E-state index in [0.717, 1.165) is 57.0 Å². The zero-order chi connectivity index (χ0) is 23.8. The first kappa shape index (κ1) is 24.4. The van der Waals surface area contributed by atoms with Gasteiger partial charge >= 0.3 is 0 Å². The monoisotopic (exact) mass is 456 g/mol. The normalized spacial score (nSPS) is 11.8. The van der Waals surface area contributed by atoms with Gasteiger partial charge in [-0.2, -0.15) is 0 Å². The van der Waals surface area contributed by atoms with E-state index in [1.165, 1.54) is 46.8 Å². The van der Waals surface area contributed by atoms with E-state index in [0.29, 0.717) is 0 Å². The molecule has 180 valence electrons. The van der Waals surface area contributed by atoms with Crippen molar-refractivity contribution >= 4 is 21.8 Å². The topological polar surface area (TPSA) is 33.1 Å². The molecule has 4 aromatic rings. The van der Waals surface area contributed by atoms with Gasteiger partial charge in [0.2, 0.25) is 0 Å². The fourth-order valence-corrected chi connectivity index (χ4v) is 5.08. The zero-order valence-corrected chi connectivity index (χ0v) is 21.2. The summed E-state index contributed by atoms with van der Waals surface area (Å²) in [5, 5.41) is 6.29. The van der Waals surface area contributed by atoms with Crippen LogP contribution in [0.4, 0.5) is 0 Å². The van der Waals surface area contributed by atoms with Crippen molar-refractivity contribution in [2.45, 2.75) is 59.5 Å². The number of aromatic nitrogens is 2. The SMILES string of the molecule is CCN(CC)CCCCNCc1cc2c3ccccc3n(CCCc3ccccc3)c2c(C)n1. The van der Waals surface area contributed by atoms with Crippen molar-refractivity contribution in [1.82, 2.24) is 19.8 Å². The van der Waals surface area contributed by atoms with Gasteiger partial charge in [-0.05, 0) is 76.5 Å². The summed E-state index contributed by atoms with van der Waals surface area (Å²) in [7, 11) is 0. The summed E-state index contributed by atoms with van der Waals surface area (Å²) in [6.07, 6.45) is 4.67. The van der Waals surface area contributed by atoms with E-state index in [9.17, 15) is 0 Å². The molecule has 1 N–H and O–H groups in total. The molecule has 0 saturated heterocycles. The number of aryl methyl sites for hydroxylation is 3. The molecule has 2 heterocycles. The van der Waals surface area contributed by atoms with Gasteiger partial charge in [0.1, 0.15) is 0 Å². The largest absolute Gasteiger partial charge is 0.339 e. The lowest BCUT2D eigenvalue weighted by atomic mass is 10.1. The molecule has 0 aliphatic carbocycles. The molecule has 2 aromatic heterocycles. The number of hydrogen-bond donors (Lipinski definition) is 1. The Labute approximate surface area is 205 Å². The molecule has 0 unspecified atom stereocenters. The van der Waals surface area contributed by atoms with Crippen molar-refractivity contribution in [3.8, 4) is 0 Å². The van der Waals surface area contributed by atoms with Crippen LogP contribution in [-0.2, 0) is 19.5 Å². The molecule has 34 heavy (non-hydrogen) atoms. The van der Waals surface area contributed by atoms with E-state index in [1.807, 2.05) is 0 Å². The molecule has 0 bridgehead atoms. The highest BCUT2D eigenvalue weighted by molar-refractivity contribution is 6.08. The van der Waals surface area contributed by atoms with Gasteiger partial charge in [-0.1, -0.05) is 62.4 Å². The van der Waals surface area contributed by atoms with Crippen molar-refractivity contribution < 1.29 is 0 Å². The lowest BCUT2D eigenvalue weighted by Gasteiger charge is -2.17. The summed E-state index contributed by atoms with van der Waals surface area (Å²) in [5.74, 6) is 0. The zero-order valence-electron chi connectivity index (χ0n) is 21.2. The molecule has 0 aliphatic rings. The first-order chi connectivity index (χ1) is 16.7. The highest BCUT2D eigenvalue weighted by atomic mass is 15.1. The number of hydrogen-bond acceptors (Lipinski definition) is 3. The van der Waals surface area contributed by atoms with E-state index in [4.69, 9.17) is 4.98 Å². The van der Waals surface area contributed by atoms with Crippen LogP contribution in [0.1, 0.15) is 50.1 Å². The van der Waals surface area contributed by atoms with Crippen LogP contribution < -0.4 is 5.32 Å². The second-order valence-electron chi connectivity index (χ2n) is 9.26. The highest BCUT2D eigenvalue weighted by Crippen LogP contribution is 2.31. The molecule has 0 amide bonds. The molecule has 4 heteroatoms. The molecule has 4 nitrogen and oxygen atoms in total. The van der Waals surface area contributed by atoms with Crippen LogP contribution in [0.3, 0.4) is 0 Å². The molecule has 0 atom stereocenters. The fourth-order valence-electron chi connectivity index (χ4n) is 5.08. The number of unbranched alkanes of at least 4 members (excludes halogenated alkanes) is 1. The summed E-state index contributed by atoms with van der Waals surface area (Å²) < 4.78 is 2.49. The molecule has 0 aliphatic heterocycles. The Morgan fingerprint density at radius 2 is 1.65 bits per heavy atom. The third-order valence-electron chi connectivity index (χ3n) is 6.94. The average molecular weight is 457 g/mol. The Kier molecular flexibility index (Phi) is 8.73. The molecule has 0 fully saturated rings. The number of pyridine rings is 1. The van der Waals surface area contributed by atoms with E-state index in [1.54, 1.807) is 0 Å². The van der Waals surface area contributed by atoms with E-state index >= 15 is 0 Å². The van der Waals surface area contributed by atoms with E-state index in [2.05, 4.69) is 96.2 Å². The van der Waals surface area contributed by atoms with Crippen LogP contribution in [0.15, 0.2) is 60.7 Å². The number of nitrogens with zero attached hydrogens (tertiary/aromatic N) is 3. The molecule has 4 rings (SSSR count). The Morgan fingerprint density at radius 1 is 0.882 bits per heavy atom. The smallest absolute Gasteiger partial charge is 0.0707 e. The second kappa shape index (κ2) is 12.1. The number of benzene rings is 2. The van der Waals surface area contributed by atoms with Gasteiger partial charge in [-0.25, -0.2) is 0 Å². The number of fused-ring (bicyclic) bond motifs is 3. The minimum atomic E-state index is 0.829.